The van der Waals surface area contributed by atoms with Crippen molar-refractivity contribution in [3.63, 3.8) is 0 Å². The van der Waals surface area contributed by atoms with Crippen LogP contribution in [-0.2, 0) is 6.54 Å². The van der Waals surface area contributed by atoms with Crippen molar-refractivity contribution in [3.05, 3.63) is 77.6 Å². The molecule has 0 saturated carbocycles. The zero-order valence-corrected chi connectivity index (χ0v) is 18.6. The number of nitrogens with zero attached hydrogens (tertiary/aromatic N) is 3. The van der Waals surface area contributed by atoms with Crippen molar-refractivity contribution in [2.45, 2.75) is 38.3 Å². The Kier molecular flexibility index (Phi) is 7.27. The van der Waals surface area contributed by atoms with Crippen molar-refractivity contribution in [1.29, 1.82) is 0 Å². The van der Waals surface area contributed by atoms with E-state index in [1.54, 1.807) is 0 Å². The molecule has 6 nitrogen and oxygen atoms in total. The molecule has 0 spiro atoms. The van der Waals surface area contributed by atoms with Crippen LogP contribution >= 0.6 is 11.7 Å². The molecule has 4 rings (SSSR count). The highest BCUT2D eigenvalue weighted by atomic mass is 32.1. The molecule has 1 amide bonds. The zero-order chi connectivity index (χ0) is 21.5. The molecule has 0 aliphatic carbocycles. The lowest BCUT2D eigenvalue weighted by molar-refractivity contribution is 0.0928. The predicted molar refractivity (Wildman–Crippen MR) is 122 cm³/mol. The smallest absolute Gasteiger partial charge is 0.272 e. The van der Waals surface area contributed by atoms with Crippen LogP contribution < -0.4 is 10.1 Å². The average molecular weight is 437 g/mol. The Balaban J connectivity index is 1.20. The number of amides is 1. The molecule has 31 heavy (non-hydrogen) atoms. The van der Waals surface area contributed by atoms with E-state index in [1.165, 1.54) is 30.2 Å². The number of likely N-dealkylation sites (tertiary alicyclic amines) is 1. The molecule has 1 aromatic heterocycles. The number of ether oxygens (including phenoxy) is 1. The fourth-order valence-electron chi connectivity index (χ4n) is 3.95. The second kappa shape index (κ2) is 10.5. The van der Waals surface area contributed by atoms with Crippen LogP contribution in [0.3, 0.4) is 0 Å². The molecule has 0 bridgehead atoms. The molecular formula is C24H28N4O2S. The molecule has 0 radical (unpaired) electrons. The third kappa shape index (κ3) is 6.12. The van der Waals surface area contributed by atoms with Gasteiger partial charge in [0, 0.05) is 6.54 Å². The highest BCUT2D eigenvalue weighted by Gasteiger charge is 2.20. The van der Waals surface area contributed by atoms with Crippen molar-refractivity contribution in [1.82, 2.24) is 19.0 Å². The van der Waals surface area contributed by atoms with E-state index in [1.807, 2.05) is 19.1 Å². The van der Waals surface area contributed by atoms with E-state index < -0.39 is 0 Å². The highest BCUT2D eigenvalue weighted by Crippen LogP contribution is 2.28. The summed E-state index contributed by atoms with van der Waals surface area (Å²) in [6.07, 6.45) is 3.75. The molecule has 1 unspecified atom stereocenters. The van der Waals surface area contributed by atoms with Gasteiger partial charge in [-0.05, 0) is 62.0 Å². The van der Waals surface area contributed by atoms with Crippen molar-refractivity contribution >= 4 is 17.6 Å². The van der Waals surface area contributed by atoms with Crippen LogP contribution in [0.15, 0.2) is 60.8 Å². The van der Waals surface area contributed by atoms with Gasteiger partial charge in [-0.2, -0.15) is 8.75 Å². The van der Waals surface area contributed by atoms with Gasteiger partial charge >= 0.3 is 0 Å². The molecule has 7 heteroatoms. The van der Waals surface area contributed by atoms with Gasteiger partial charge in [-0.3, -0.25) is 9.69 Å². The Morgan fingerprint density at radius 3 is 2.58 bits per heavy atom. The van der Waals surface area contributed by atoms with Crippen molar-refractivity contribution in [3.8, 4) is 5.75 Å². The number of carbonyl (C=O) groups is 1. The Bertz CT molecular complexity index is 939. The van der Waals surface area contributed by atoms with E-state index in [9.17, 15) is 4.79 Å². The molecule has 1 atom stereocenters. The Hall–Kier alpha value is -2.77. The Morgan fingerprint density at radius 1 is 1.16 bits per heavy atom. The van der Waals surface area contributed by atoms with Crippen molar-refractivity contribution in [2.75, 3.05) is 19.6 Å². The summed E-state index contributed by atoms with van der Waals surface area (Å²) in [6, 6.07) is 19.1. The summed E-state index contributed by atoms with van der Waals surface area (Å²) < 4.78 is 13.7. The SMILES string of the molecule is CC(CNC(=O)c1cnsn1)Oc1ccc(CN2CCC(c3ccccc3)CC2)cc1. The predicted octanol–water partition coefficient (Wildman–Crippen LogP) is 4.12. The topological polar surface area (TPSA) is 67.3 Å². The van der Waals surface area contributed by atoms with Gasteiger partial charge < -0.3 is 10.1 Å². The monoisotopic (exact) mass is 436 g/mol. The minimum Gasteiger partial charge on any atom is -0.489 e. The lowest BCUT2D eigenvalue weighted by Crippen LogP contribution is -2.33. The van der Waals surface area contributed by atoms with Gasteiger partial charge in [-0.15, -0.1) is 0 Å². The highest BCUT2D eigenvalue weighted by molar-refractivity contribution is 6.99. The second-order valence-corrected chi connectivity index (χ2v) is 8.59. The minimum absolute atomic E-state index is 0.140. The third-order valence-corrected chi connectivity index (χ3v) is 6.15. The first-order valence-corrected chi connectivity index (χ1v) is 11.5. The van der Waals surface area contributed by atoms with Gasteiger partial charge in [0.15, 0.2) is 5.69 Å². The molecule has 1 aliphatic heterocycles. The molecule has 1 aliphatic rings. The molecule has 1 fully saturated rings. The average Bonchev–Trinajstić information content (AvgIpc) is 3.35. The molecule has 1 saturated heterocycles. The standard InChI is InChI=1S/C24H28N4O2S/c1-18(15-25-24(29)23-16-26-31-27-23)30-22-9-7-19(8-10-22)17-28-13-11-21(12-14-28)20-5-3-2-4-6-20/h2-10,16,18,21H,11-15,17H2,1H3,(H,25,29). The van der Waals surface area contributed by atoms with E-state index in [4.69, 9.17) is 4.74 Å². The van der Waals surface area contributed by atoms with Crippen LogP contribution in [-0.4, -0.2) is 45.3 Å². The maximum Gasteiger partial charge on any atom is 0.272 e. The van der Waals surface area contributed by atoms with Crippen molar-refractivity contribution < 1.29 is 9.53 Å². The normalized spacial score (nSPS) is 16.0. The molecule has 1 N–H and O–H groups in total. The van der Waals surface area contributed by atoms with Crippen LogP contribution in [0, 0.1) is 0 Å². The lowest BCUT2D eigenvalue weighted by atomic mass is 9.89. The number of hydrogen-bond donors (Lipinski definition) is 1. The van der Waals surface area contributed by atoms with Gasteiger partial charge in [0.1, 0.15) is 11.9 Å². The summed E-state index contributed by atoms with van der Waals surface area (Å²) in [5, 5.41) is 2.82. The van der Waals surface area contributed by atoms with Crippen LogP contribution in [0.2, 0.25) is 0 Å². The summed E-state index contributed by atoms with van der Waals surface area (Å²) in [4.78, 5) is 14.5. The van der Waals surface area contributed by atoms with E-state index in [0.29, 0.717) is 18.2 Å². The number of benzene rings is 2. The van der Waals surface area contributed by atoms with Crippen LogP contribution in [0.4, 0.5) is 0 Å². The van der Waals surface area contributed by atoms with Gasteiger partial charge in [-0.1, -0.05) is 42.5 Å². The van der Waals surface area contributed by atoms with Crippen LogP contribution in [0.5, 0.6) is 5.75 Å². The first-order chi connectivity index (χ1) is 15.2. The van der Waals surface area contributed by atoms with Gasteiger partial charge in [-0.25, -0.2) is 0 Å². The van der Waals surface area contributed by atoms with Crippen LogP contribution in [0.25, 0.3) is 0 Å². The summed E-state index contributed by atoms with van der Waals surface area (Å²) in [7, 11) is 0. The maximum atomic E-state index is 11.9. The van der Waals surface area contributed by atoms with E-state index in [0.717, 1.165) is 37.1 Å². The molecule has 162 valence electrons. The number of hydrogen-bond acceptors (Lipinski definition) is 6. The fraction of sp³-hybridized carbons (Fsp3) is 0.375. The maximum absolute atomic E-state index is 11.9. The second-order valence-electron chi connectivity index (χ2n) is 8.04. The molecule has 2 heterocycles. The van der Waals surface area contributed by atoms with E-state index in [-0.39, 0.29) is 12.0 Å². The summed E-state index contributed by atoms with van der Waals surface area (Å²) in [5.74, 6) is 1.26. The molecule has 3 aromatic rings. The van der Waals surface area contributed by atoms with E-state index >= 15 is 0 Å². The fourth-order valence-corrected chi connectivity index (χ4v) is 4.36. The zero-order valence-electron chi connectivity index (χ0n) is 17.7. The van der Waals surface area contributed by atoms with E-state index in [2.05, 4.69) is 61.4 Å². The first-order valence-electron chi connectivity index (χ1n) is 10.8. The number of carbonyl (C=O) groups excluding carboxylic acids is 1. The van der Waals surface area contributed by atoms with Gasteiger partial charge in [0.25, 0.3) is 5.91 Å². The number of nitrogens with one attached hydrogen (secondary N) is 1. The Morgan fingerprint density at radius 2 is 1.90 bits per heavy atom. The summed E-state index contributed by atoms with van der Waals surface area (Å²) in [5.41, 5.74) is 3.11. The van der Waals surface area contributed by atoms with Gasteiger partial charge in [0.2, 0.25) is 0 Å². The number of aromatic nitrogens is 2. The first kappa shape index (κ1) is 21.5. The largest absolute Gasteiger partial charge is 0.489 e. The number of piperidine rings is 1. The van der Waals surface area contributed by atoms with Crippen LogP contribution in [0.1, 0.15) is 47.3 Å². The van der Waals surface area contributed by atoms with Crippen molar-refractivity contribution in [2.24, 2.45) is 0 Å². The van der Waals surface area contributed by atoms with Gasteiger partial charge in [0.05, 0.1) is 24.5 Å². The minimum atomic E-state index is -0.226. The Labute approximate surface area is 187 Å². The molecule has 2 aromatic carbocycles. The summed E-state index contributed by atoms with van der Waals surface area (Å²) in [6.45, 7) is 5.57. The lowest BCUT2D eigenvalue weighted by Gasteiger charge is -2.32. The summed E-state index contributed by atoms with van der Waals surface area (Å²) >= 11 is 1.02. The quantitative estimate of drug-likeness (QED) is 0.575. The molecular weight excluding hydrogens is 408 g/mol. The number of rotatable bonds is 8. The third-order valence-electron chi connectivity index (χ3n) is 5.67.